The number of rotatable bonds is 7. The second-order valence-electron chi connectivity index (χ2n) is 8.96. The predicted molar refractivity (Wildman–Crippen MR) is 127 cm³/mol. The van der Waals surface area contributed by atoms with E-state index in [1.54, 1.807) is 17.5 Å². The first-order valence-electron chi connectivity index (χ1n) is 12.1. The van der Waals surface area contributed by atoms with E-state index in [2.05, 4.69) is 9.88 Å². The molecular weight excluding hydrogens is 420 g/mol. The number of thiazole rings is 1. The second kappa shape index (κ2) is 11.0. The van der Waals surface area contributed by atoms with Crippen molar-refractivity contribution in [2.75, 3.05) is 26.2 Å². The van der Waals surface area contributed by atoms with E-state index in [-0.39, 0.29) is 11.8 Å². The molecule has 1 aliphatic heterocycles. The number of amides is 2. The fourth-order valence-electron chi connectivity index (χ4n) is 4.89. The van der Waals surface area contributed by atoms with Gasteiger partial charge in [0.1, 0.15) is 5.69 Å². The standard InChI is InChI=1S/C25H34N4O2S/c1-2-28(17-13-21-10-6-7-14-26-21)25(31)22-18-32-23(27-22)19-11-15-29(16-12-19)24(30)20-8-4-3-5-9-20/h6-7,10,14,18-20H,2-5,8-9,11-13,15-17H2,1H3. The molecule has 0 N–H and O–H groups in total. The number of nitrogens with zero attached hydrogens (tertiary/aromatic N) is 4. The van der Waals surface area contributed by atoms with Gasteiger partial charge in [-0.15, -0.1) is 11.3 Å². The fraction of sp³-hybridized carbons (Fsp3) is 0.600. The molecule has 0 atom stereocenters. The zero-order valence-corrected chi connectivity index (χ0v) is 19.9. The molecule has 6 nitrogen and oxygen atoms in total. The van der Waals surface area contributed by atoms with Gasteiger partial charge in [-0.05, 0) is 44.7 Å². The summed E-state index contributed by atoms with van der Waals surface area (Å²) < 4.78 is 0. The van der Waals surface area contributed by atoms with Crippen molar-refractivity contribution in [3.63, 3.8) is 0 Å². The Bertz CT molecular complexity index is 886. The Balaban J connectivity index is 1.30. The molecule has 0 radical (unpaired) electrons. The van der Waals surface area contributed by atoms with Crippen LogP contribution in [0.3, 0.4) is 0 Å². The number of carbonyl (C=O) groups excluding carboxylic acids is 2. The molecule has 2 aromatic heterocycles. The number of hydrogen-bond donors (Lipinski definition) is 0. The van der Waals surface area contributed by atoms with Gasteiger partial charge in [-0.1, -0.05) is 25.3 Å². The summed E-state index contributed by atoms with van der Waals surface area (Å²) in [4.78, 5) is 38.8. The molecule has 1 saturated carbocycles. The van der Waals surface area contributed by atoms with E-state index in [9.17, 15) is 9.59 Å². The molecule has 32 heavy (non-hydrogen) atoms. The van der Waals surface area contributed by atoms with E-state index in [1.807, 2.05) is 35.4 Å². The molecule has 7 heteroatoms. The van der Waals surface area contributed by atoms with Crippen molar-refractivity contribution in [3.8, 4) is 0 Å². The molecule has 0 aromatic carbocycles. The summed E-state index contributed by atoms with van der Waals surface area (Å²) in [6.07, 6.45) is 10.2. The van der Waals surface area contributed by atoms with Crippen LogP contribution in [-0.4, -0.2) is 57.8 Å². The number of piperidine rings is 1. The van der Waals surface area contributed by atoms with Gasteiger partial charge >= 0.3 is 0 Å². The maximum atomic E-state index is 13.0. The highest BCUT2D eigenvalue weighted by Crippen LogP contribution is 2.32. The second-order valence-corrected chi connectivity index (χ2v) is 9.85. The molecule has 2 amide bonds. The topological polar surface area (TPSA) is 66.4 Å². The van der Waals surface area contributed by atoms with Gasteiger partial charge in [0.05, 0.1) is 5.01 Å². The van der Waals surface area contributed by atoms with Crippen molar-refractivity contribution in [1.29, 1.82) is 0 Å². The molecule has 2 aliphatic rings. The molecular formula is C25H34N4O2S. The lowest BCUT2D eigenvalue weighted by Crippen LogP contribution is -2.41. The van der Waals surface area contributed by atoms with Gasteiger partial charge in [0, 0.05) is 61.7 Å². The summed E-state index contributed by atoms with van der Waals surface area (Å²) in [6.45, 7) is 4.92. The lowest BCUT2D eigenvalue weighted by molar-refractivity contribution is -0.137. The van der Waals surface area contributed by atoms with Crippen molar-refractivity contribution in [3.05, 3.63) is 46.2 Å². The predicted octanol–water partition coefficient (Wildman–Crippen LogP) is 4.53. The van der Waals surface area contributed by atoms with Crippen LogP contribution >= 0.6 is 11.3 Å². The quantitative estimate of drug-likeness (QED) is 0.617. The Morgan fingerprint density at radius 3 is 2.59 bits per heavy atom. The smallest absolute Gasteiger partial charge is 0.273 e. The zero-order chi connectivity index (χ0) is 22.3. The number of pyridine rings is 1. The maximum absolute atomic E-state index is 13.0. The van der Waals surface area contributed by atoms with Crippen LogP contribution in [0.1, 0.15) is 79.0 Å². The molecule has 2 aromatic rings. The minimum absolute atomic E-state index is 0.00385. The van der Waals surface area contributed by atoms with Crippen molar-refractivity contribution < 1.29 is 9.59 Å². The van der Waals surface area contributed by atoms with E-state index in [4.69, 9.17) is 4.98 Å². The third kappa shape index (κ3) is 5.55. The van der Waals surface area contributed by atoms with Crippen LogP contribution in [0.4, 0.5) is 0 Å². The average Bonchev–Trinajstić information content (AvgIpc) is 3.35. The number of likely N-dealkylation sites (tertiary alicyclic amines) is 1. The molecule has 1 aliphatic carbocycles. The Morgan fingerprint density at radius 1 is 1.12 bits per heavy atom. The Morgan fingerprint density at radius 2 is 1.91 bits per heavy atom. The summed E-state index contributed by atoms with van der Waals surface area (Å²) in [5.41, 5.74) is 1.54. The van der Waals surface area contributed by atoms with Gasteiger partial charge in [0.15, 0.2) is 0 Å². The highest BCUT2D eigenvalue weighted by molar-refractivity contribution is 7.09. The molecule has 1 saturated heterocycles. The average molecular weight is 455 g/mol. The Labute approximate surface area is 195 Å². The highest BCUT2D eigenvalue weighted by Gasteiger charge is 2.31. The van der Waals surface area contributed by atoms with Crippen LogP contribution in [0.25, 0.3) is 0 Å². The normalized spacial score (nSPS) is 18.0. The molecule has 0 spiro atoms. The molecule has 0 unspecified atom stereocenters. The third-order valence-electron chi connectivity index (χ3n) is 6.88. The van der Waals surface area contributed by atoms with Crippen molar-refractivity contribution in [1.82, 2.24) is 19.8 Å². The lowest BCUT2D eigenvalue weighted by Gasteiger charge is -2.34. The summed E-state index contributed by atoms with van der Waals surface area (Å²) in [5.74, 6) is 0.955. The van der Waals surface area contributed by atoms with Gasteiger partial charge in [-0.2, -0.15) is 0 Å². The maximum Gasteiger partial charge on any atom is 0.273 e. The van der Waals surface area contributed by atoms with Gasteiger partial charge in [0.25, 0.3) is 5.91 Å². The minimum Gasteiger partial charge on any atom is -0.342 e. The summed E-state index contributed by atoms with van der Waals surface area (Å²) in [7, 11) is 0. The van der Waals surface area contributed by atoms with E-state index >= 15 is 0 Å². The zero-order valence-electron chi connectivity index (χ0n) is 19.0. The fourth-order valence-corrected chi connectivity index (χ4v) is 5.85. The largest absolute Gasteiger partial charge is 0.342 e. The lowest BCUT2D eigenvalue weighted by atomic mass is 9.87. The van der Waals surface area contributed by atoms with Gasteiger partial charge < -0.3 is 9.80 Å². The number of hydrogen-bond acceptors (Lipinski definition) is 5. The molecule has 4 rings (SSSR count). The number of aromatic nitrogens is 2. The molecule has 172 valence electrons. The number of likely N-dealkylation sites (N-methyl/N-ethyl adjacent to an activating group) is 1. The van der Waals surface area contributed by atoms with Gasteiger partial charge in [-0.3, -0.25) is 14.6 Å². The molecule has 2 fully saturated rings. The molecule has 0 bridgehead atoms. The number of carbonyl (C=O) groups is 2. The molecule has 3 heterocycles. The van der Waals surface area contributed by atoms with Crippen molar-refractivity contribution in [2.45, 2.75) is 64.2 Å². The summed E-state index contributed by atoms with van der Waals surface area (Å²) in [5, 5.41) is 2.94. The van der Waals surface area contributed by atoms with E-state index < -0.39 is 0 Å². The van der Waals surface area contributed by atoms with Crippen LogP contribution < -0.4 is 0 Å². The van der Waals surface area contributed by atoms with Crippen LogP contribution in [0.15, 0.2) is 29.8 Å². The van der Waals surface area contributed by atoms with Crippen LogP contribution in [-0.2, 0) is 11.2 Å². The van der Waals surface area contributed by atoms with Gasteiger partial charge in [0.2, 0.25) is 5.91 Å². The first kappa shape index (κ1) is 22.9. The third-order valence-corrected chi connectivity index (χ3v) is 7.89. The summed E-state index contributed by atoms with van der Waals surface area (Å²) >= 11 is 1.59. The van der Waals surface area contributed by atoms with Gasteiger partial charge in [-0.25, -0.2) is 4.98 Å². The van der Waals surface area contributed by atoms with E-state index in [0.717, 1.165) is 55.9 Å². The van der Waals surface area contributed by atoms with Crippen LogP contribution in [0.5, 0.6) is 0 Å². The van der Waals surface area contributed by atoms with Crippen molar-refractivity contribution >= 4 is 23.2 Å². The first-order valence-corrected chi connectivity index (χ1v) is 13.0. The highest BCUT2D eigenvalue weighted by atomic mass is 32.1. The Kier molecular flexibility index (Phi) is 7.90. The summed E-state index contributed by atoms with van der Waals surface area (Å²) in [6, 6.07) is 5.87. The SMILES string of the molecule is CCN(CCc1ccccn1)C(=O)c1csc(C2CCN(C(=O)C3CCCCC3)CC2)n1. The Hall–Kier alpha value is -2.28. The van der Waals surface area contributed by atoms with Crippen molar-refractivity contribution in [2.24, 2.45) is 5.92 Å². The first-order chi connectivity index (χ1) is 15.7. The monoisotopic (exact) mass is 454 g/mol. The van der Waals surface area contributed by atoms with Crippen LogP contribution in [0, 0.1) is 5.92 Å². The van der Waals surface area contributed by atoms with Crippen LogP contribution in [0.2, 0.25) is 0 Å². The minimum atomic E-state index is -0.00385. The van der Waals surface area contributed by atoms with E-state index in [0.29, 0.717) is 30.6 Å². The van der Waals surface area contributed by atoms with E-state index in [1.165, 1.54) is 19.3 Å².